The first-order valence-corrected chi connectivity index (χ1v) is 6.51. The summed E-state index contributed by atoms with van der Waals surface area (Å²) in [6, 6.07) is 14.4. The lowest BCUT2D eigenvalue weighted by Crippen LogP contribution is -2.14. The molecule has 0 aromatic heterocycles. The molecular formula is C16H13ClN2O. The minimum atomic E-state index is -0.107. The summed E-state index contributed by atoms with van der Waals surface area (Å²) in [7, 11) is 0. The Kier molecular flexibility index (Phi) is 4.39. The lowest BCUT2D eigenvalue weighted by Gasteiger charge is -2.07. The zero-order chi connectivity index (χ0) is 14.5. The average Bonchev–Trinajstić information content (AvgIpc) is 2.45. The van der Waals surface area contributed by atoms with Crippen molar-refractivity contribution in [2.45, 2.75) is 6.92 Å². The minimum Gasteiger partial charge on any atom is -0.378 e. The summed E-state index contributed by atoms with van der Waals surface area (Å²) in [5.41, 5.74) is 2.87. The highest BCUT2D eigenvalue weighted by atomic mass is 35.5. The molecule has 0 amide bonds. The molecule has 0 saturated heterocycles. The molecule has 100 valence electrons. The Hall–Kier alpha value is -2.31. The first-order chi connectivity index (χ1) is 9.58. The lowest BCUT2D eigenvalue weighted by molar-refractivity contribution is 0.101. The van der Waals surface area contributed by atoms with Crippen LogP contribution in [0.25, 0.3) is 0 Å². The zero-order valence-corrected chi connectivity index (χ0v) is 11.7. The van der Waals surface area contributed by atoms with Gasteiger partial charge in [0.25, 0.3) is 0 Å². The van der Waals surface area contributed by atoms with E-state index in [1.54, 1.807) is 12.1 Å². The summed E-state index contributed by atoms with van der Waals surface area (Å²) in [6.45, 7) is 2.17. The molecule has 0 aliphatic heterocycles. The molecular weight excluding hydrogens is 272 g/mol. The molecule has 2 aromatic rings. The molecule has 0 aliphatic carbocycles. The van der Waals surface area contributed by atoms with E-state index in [4.69, 9.17) is 16.9 Å². The zero-order valence-electron chi connectivity index (χ0n) is 11.0. The fourth-order valence-corrected chi connectivity index (χ4v) is 2.01. The number of halogens is 1. The second-order valence-corrected chi connectivity index (χ2v) is 4.92. The van der Waals surface area contributed by atoms with Crippen LogP contribution in [0, 0.1) is 18.3 Å². The van der Waals surface area contributed by atoms with E-state index in [1.165, 1.54) is 6.07 Å². The van der Waals surface area contributed by atoms with Gasteiger partial charge in [-0.1, -0.05) is 29.3 Å². The Labute approximate surface area is 122 Å². The third-order valence-electron chi connectivity index (χ3n) is 2.85. The topological polar surface area (TPSA) is 52.9 Å². The lowest BCUT2D eigenvalue weighted by atomic mass is 10.1. The monoisotopic (exact) mass is 284 g/mol. The van der Waals surface area contributed by atoms with Crippen molar-refractivity contribution in [1.82, 2.24) is 0 Å². The van der Waals surface area contributed by atoms with E-state index in [0.29, 0.717) is 16.1 Å². The summed E-state index contributed by atoms with van der Waals surface area (Å²) in [5.74, 6) is -0.107. The molecule has 1 N–H and O–H groups in total. The molecule has 0 bridgehead atoms. The quantitative estimate of drug-likeness (QED) is 0.869. The number of nitrogens with zero attached hydrogens (tertiary/aromatic N) is 1. The fourth-order valence-electron chi connectivity index (χ4n) is 1.77. The molecule has 0 saturated carbocycles. The molecule has 0 atom stereocenters. The number of nitriles is 1. The number of rotatable bonds is 4. The second-order valence-electron chi connectivity index (χ2n) is 4.48. The summed E-state index contributed by atoms with van der Waals surface area (Å²) in [6.07, 6.45) is 0. The standard InChI is InChI=1S/C16H13ClN2O/c1-11-2-4-15(5-3-11)19-10-16(20)13-6-12(9-18)7-14(17)8-13/h2-8,19H,10H2,1H3. The van der Waals surface area contributed by atoms with E-state index in [-0.39, 0.29) is 12.3 Å². The smallest absolute Gasteiger partial charge is 0.181 e. The third-order valence-corrected chi connectivity index (χ3v) is 3.07. The van der Waals surface area contributed by atoms with E-state index in [2.05, 4.69) is 5.32 Å². The first kappa shape index (κ1) is 14.1. The van der Waals surface area contributed by atoms with Gasteiger partial charge in [-0.2, -0.15) is 5.26 Å². The van der Waals surface area contributed by atoms with Gasteiger partial charge in [0.2, 0.25) is 0 Å². The largest absolute Gasteiger partial charge is 0.378 e. The number of Topliss-reactive ketones (excluding diaryl/α,β-unsaturated/α-hetero) is 1. The van der Waals surface area contributed by atoms with Gasteiger partial charge in [-0.3, -0.25) is 4.79 Å². The van der Waals surface area contributed by atoms with Crippen molar-refractivity contribution in [2.24, 2.45) is 0 Å². The summed E-state index contributed by atoms with van der Waals surface area (Å²) < 4.78 is 0. The van der Waals surface area contributed by atoms with Crippen molar-refractivity contribution < 1.29 is 4.79 Å². The Morgan fingerprint density at radius 1 is 1.25 bits per heavy atom. The molecule has 0 aliphatic rings. The Morgan fingerprint density at radius 2 is 1.95 bits per heavy atom. The number of hydrogen-bond acceptors (Lipinski definition) is 3. The van der Waals surface area contributed by atoms with Gasteiger partial charge in [0.05, 0.1) is 18.2 Å². The fraction of sp³-hybridized carbons (Fsp3) is 0.125. The van der Waals surface area contributed by atoms with Crippen LogP contribution in [0.15, 0.2) is 42.5 Å². The van der Waals surface area contributed by atoms with E-state index in [1.807, 2.05) is 37.3 Å². The van der Waals surface area contributed by atoms with Crippen molar-refractivity contribution in [3.63, 3.8) is 0 Å². The molecule has 2 rings (SSSR count). The van der Waals surface area contributed by atoms with Gasteiger partial charge in [-0.25, -0.2) is 0 Å². The van der Waals surface area contributed by atoms with Crippen molar-refractivity contribution in [3.8, 4) is 6.07 Å². The summed E-state index contributed by atoms with van der Waals surface area (Å²) in [5, 5.41) is 12.3. The number of ketones is 1. The van der Waals surface area contributed by atoms with Crippen LogP contribution < -0.4 is 5.32 Å². The maximum absolute atomic E-state index is 12.1. The molecule has 20 heavy (non-hydrogen) atoms. The predicted octanol–water partition coefficient (Wildman–Crippen LogP) is 3.81. The number of benzene rings is 2. The van der Waals surface area contributed by atoms with Gasteiger partial charge in [-0.05, 0) is 37.3 Å². The summed E-state index contributed by atoms with van der Waals surface area (Å²) in [4.78, 5) is 12.1. The number of carbonyl (C=O) groups is 1. The van der Waals surface area contributed by atoms with E-state index in [9.17, 15) is 4.79 Å². The van der Waals surface area contributed by atoms with Gasteiger partial charge in [-0.15, -0.1) is 0 Å². The van der Waals surface area contributed by atoms with E-state index < -0.39 is 0 Å². The molecule has 0 radical (unpaired) electrons. The predicted molar refractivity (Wildman–Crippen MR) is 80.2 cm³/mol. The molecule has 3 nitrogen and oxygen atoms in total. The van der Waals surface area contributed by atoms with Crippen LogP contribution in [-0.4, -0.2) is 12.3 Å². The molecule has 0 unspecified atom stereocenters. The molecule has 4 heteroatoms. The normalized spacial score (nSPS) is 9.85. The van der Waals surface area contributed by atoms with E-state index >= 15 is 0 Å². The molecule has 0 fully saturated rings. The Balaban J connectivity index is 2.07. The number of aryl methyl sites for hydroxylation is 1. The highest BCUT2D eigenvalue weighted by Crippen LogP contribution is 2.16. The molecule has 0 heterocycles. The van der Waals surface area contributed by atoms with Crippen LogP contribution in [0.4, 0.5) is 5.69 Å². The van der Waals surface area contributed by atoms with Gasteiger partial charge < -0.3 is 5.32 Å². The highest BCUT2D eigenvalue weighted by Gasteiger charge is 2.08. The van der Waals surface area contributed by atoms with Crippen molar-refractivity contribution >= 4 is 23.1 Å². The Bertz CT molecular complexity index is 672. The number of nitrogens with one attached hydrogen (secondary N) is 1. The van der Waals surface area contributed by atoms with Gasteiger partial charge >= 0.3 is 0 Å². The molecule has 2 aromatic carbocycles. The summed E-state index contributed by atoms with van der Waals surface area (Å²) >= 11 is 5.88. The number of hydrogen-bond donors (Lipinski definition) is 1. The number of carbonyl (C=O) groups excluding carboxylic acids is 1. The van der Waals surface area contributed by atoms with Gasteiger partial charge in [0.1, 0.15) is 0 Å². The van der Waals surface area contributed by atoms with Crippen molar-refractivity contribution in [3.05, 3.63) is 64.2 Å². The van der Waals surface area contributed by atoms with Crippen LogP contribution in [0.1, 0.15) is 21.5 Å². The minimum absolute atomic E-state index is 0.107. The van der Waals surface area contributed by atoms with Crippen LogP contribution in [0.2, 0.25) is 5.02 Å². The maximum atomic E-state index is 12.1. The van der Waals surface area contributed by atoms with Crippen molar-refractivity contribution in [2.75, 3.05) is 11.9 Å². The average molecular weight is 285 g/mol. The van der Waals surface area contributed by atoms with Crippen LogP contribution >= 0.6 is 11.6 Å². The Morgan fingerprint density at radius 3 is 2.60 bits per heavy atom. The highest BCUT2D eigenvalue weighted by molar-refractivity contribution is 6.31. The van der Waals surface area contributed by atoms with Gasteiger partial charge in [0, 0.05) is 16.3 Å². The van der Waals surface area contributed by atoms with Crippen LogP contribution in [-0.2, 0) is 0 Å². The first-order valence-electron chi connectivity index (χ1n) is 6.13. The molecule has 0 spiro atoms. The van der Waals surface area contributed by atoms with Gasteiger partial charge in [0.15, 0.2) is 5.78 Å². The van der Waals surface area contributed by atoms with E-state index in [0.717, 1.165) is 11.3 Å². The SMILES string of the molecule is Cc1ccc(NCC(=O)c2cc(Cl)cc(C#N)c2)cc1. The second kappa shape index (κ2) is 6.23. The third kappa shape index (κ3) is 3.59. The number of anilines is 1. The van der Waals surface area contributed by atoms with Crippen LogP contribution in [0.5, 0.6) is 0 Å². The maximum Gasteiger partial charge on any atom is 0.181 e. The van der Waals surface area contributed by atoms with Crippen molar-refractivity contribution in [1.29, 1.82) is 5.26 Å². The van der Waals surface area contributed by atoms with Crippen LogP contribution in [0.3, 0.4) is 0 Å².